The summed E-state index contributed by atoms with van der Waals surface area (Å²) in [5.74, 6) is 0.321. The van der Waals surface area contributed by atoms with Gasteiger partial charge in [0.15, 0.2) is 0 Å². The van der Waals surface area contributed by atoms with Crippen LogP contribution in [0.25, 0.3) is 10.9 Å². The summed E-state index contributed by atoms with van der Waals surface area (Å²) in [7, 11) is 0. The van der Waals surface area contributed by atoms with E-state index in [0.29, 0.717) is 31.2 Å². The van der Waals surface area contributed by atoms with E-state index in [1.165, 1.54) is 0 Å². The van der Waals surface area contributed by atoms with Crippen LogP contribution in [0.1, 0.15) is 37.8 Å². The Morgan fingerprint density at radius 2 is 2.16 bits per heavy atom. The molecule has 1 saturated heterocycles. The molecule has 0 aliphatic carbocycles. The normalized spacial score (nSPS) is 17.4. The largest absolute Gasteiger partial charge is 0.368 e. The lowest BCUT2D eigenvalue weighted by Crippen LogP contribution is -2.41. The van der Waals surface area contributed by atoms with E-state index >= 15 is 0 Å². The second-order valence-corrected chi connectivity index (χ2v) is 7.33. The van der Waals surface area contributed by atoms with Gasteiger partial charge in [-0.15, -0.1) is 0 Å². The van der Waals surface area contributed by atoms with Gasteiger partial charge in [0.1, 0.15) is 6.10 Å². The van der Waals surface area contributed by atoms with Gasteiger partial charge in [0.25, 0.3) is 11.5 Å². The van der Waals surface area contributed by atoms with Crippen LogP contribution in [-0.2, 0) is 16.1 Å². The summed E-state index contributed by atoms with van der Waals surface area (Å²) in [6.45, 7) is 7.71. The predicted octanol–water partition coefficient (Wildman–Crippen LogP) is 3.00. The zero-order valence-electron chi connectivity index (χ0n) is 15.2. The van der Waals surface area contributed by atoms with Gasteiger partial charge in [0.05, 0.1) is 6.54 Å². The number of amides is 1. The minimum atomic E-state index is -0.360. The standard InChI is InChI=1S/C20H26N2O3/c1-13(2)11-22(20(24)18-5-4-8-25-18)12-16-10-15-7-6-14(3)9-17(15)21-19(16)23/h6-7,9-10,13,18H,4-5,8,11-12H2,1-3H3,(H,21,23)/t18-/m1/s1. The van der Waals surface area contributed by atoms with Crippen LogP contribution in [0.2, 0.25) is 0 Å². The van der Waals surface area contributed by atoms with Crippen LogP contribution in [-0.4, -0.2) is 35.0 Å². The smallest absolute Gasteiger partial charge is 0.253 e. The summed E-state index contributed by atoms with van der Waals surface area (Å²) in [6.07, 6.45) is 1.32. The molecular weight excluding hydrogens is 316 g/mol. The summed E-state index contributed by atoms with van der Waals surface area (Å²) >= 11 is 0. The molecule has 2 heterocycles. The van der Waals surface area contributed by atoms with E-state index in [1.807, 2.05) is 31.2 Å². The number of aromatic amines is 1. The first-order valence-corrected chi connectivity index (χ1v) is 8.97. The van der Waals surface area contributed by atoms with Crippen LogP contribution in [0.3, 0.4) is 0 Å². The van der Waals surface area contributed by atoms with E-state index in [1.54, 1.807) is 4.90 Å². The number of carbonyl (C=O) groups excluding carboxylic acids is 1. The molecule has 0 saturated carbocycles. The number of benzene rings is 1. The average molecular weight is 342 g/mol. The predicted molar refractivity (Wildman–Crippen MR) is 98.5 cm³/mol. The van der Waals surface area contributed by atoms with Crippen LogP contribution < -0.4 is 5.56 Å². The van der Waals surface area contributed by atoms with Gasteiger partial charge in [-0.1, -0.05) is 26.0 Å². The lowest BCUT2D eigenvalue weighted by molar-refractivity contribution is -0.142. The molecule has 134 valence electrons. The number of carbonyl (C=O) groups is 1. The van der Waals surface area contributed by atoms with Crippen molar-refractivity contribution in [3.8, 4) is 0 Å². The number of nitrogens with zero attached hydrogens (tertiary/aromatic N) is 1. The Labute approximate surface area is 148 Å². The van der Waals surface area contributed by atoms with E-state index in [9.17, 15) is 9.59 Å². The Balaban J connectivity index is 1.89. The van der Waals surface area contributed by atoms with E-state index in [0.717, 1.165) is 29.3 Å². The topological polar surface area (TPSA) is 62.4 Å². The number of pyridine rings is 1. The van der Waals surface area contributed by atoms with Gasteiger partial charge in [-0.3, -0.25) is 9.59 Å². The maximum atomic E-state index is 12.8. The molecule has 2 aromatic rings. The third kappa shape index (κ3) is 4.10. The molecule has 1 aliphatic heterocycles. The zero-order chi connectivity index (χ0) is 18.0. The van der Waals surface area contributed by atoms with E-state index < -0.39 is 0 Å². The number of H-pyrrole nitrogens is 1. The van der Waals surface area contributed by atoms with Crippen molar-refractivity contribution in [2.45, 2.75) is 46.3 Å². The Bertz CT molecular complexity index is 819. The molecule has 25 heavy (non-hydrogen) atoms. The summed E-state index contributed by atoms with van der Waals surface area (Å²) < 4.78 is 5.55. The molecule has 0 spiro atoms. The summed E-state index contributed by atoms with van der Waals surface area (Å²) in [6, 6.07) is 7.88. The number of aryl methyl sites for hydroxylation is 1. The van der Waals surface area contributed by atoms with Gasteiger partial charge in [-0.2, -0.15) is 0 Å². The van der Waals surface area contributed by atoms with Crippen LogP contribution in [0.5, 0.6) is 0 Å². The van der Waals surface area contributed by atoms with Crippen molar-refractivity contribution >= 4 is 16.8 Å². The van der Waals surface area contributed by atoms with Gasteiger partial charge in [-0.05, 0) is 48.8 Å². The molecule has 3 rings (SSSR count). The van der Waals surface area contributed by atoms with Crippen LogP contribution in [0, 0.1) is 12.8 Å². The van der Waals surface area contributed by atoms with Gasteiger partial charge < -0.3 is 14.6 Å². The number of ether oxygens (including phenoxy) is 1. The number of fused-ring (bicyclic) bond motifs is 1. The molecule has 1 aromatic heterocycles. The highest BCUT2D eigenvalue weighted by molar-refractivity contribution is 5.82. The zero-order valence-corrected chi connectivity index (χ0v) is 15.2. The van der Waals surface area contributed by atoms with Gasteiger partial charge >= 0.3 is 0 Å². The quantitative estimate of drug-likeness (QED) is 0.908. The Morgan fingerprint density at radius 3 is 2.84 bits per heavy atom. The highest BCUT2D eigenvalue weighted by Gasteiger charge is 2.29. The first kappa shape index (κ1) is 17.7. The maximum Gasteiger partial charge on any atom is 0.253 e. The molecule has 5 heteroatoms. The summed E-state index contributed by atoms with van der Waals surface area (Å²) in [4.78, 5) is 30.0. The van der Waals surface area contributed by atoms with E-state index in [4.69, 9.17) is 4.74 Å². The molecular formula is C20H26N2O3. The van der Waals surface area contributed by atoms with Crippen LogP contribution >= 0.6 is 0 Å². The Hall–Kier alpha value is -2.14. The summed E-state index contributed by atoms with van der Waals surface area (Å²) in [5.41, 5.74) is 2.41. The van der Waals surface area contributed by atoms with Crippen molar-refractivity contribution in [2.75, 3.05) is 13.2 Å². The lowest BCUT2D eigenvalue weighted by atomic mass is 10.1. The molecule has 1 N–H and O–H groups in total. The van der Waals surface area contributed by atoms with Gasteiger partial charge in [0, 0.05) is 24.2 Å². The Kier molecular flexibility index (Phi) is 5.23. The van der Waals surface area contributed by atoms with Crippen molar-refractivity contribution in [1.29, 1.82) is 0 Å². The lowest BCUT2D eigenvalue weighted by Gasteiger charge is -2.27. The van der Waals surface area contributed by atoms with Crippen molar-refractivity contribution in [1.82, 2.24) is 9.88 Å². The van der Waals surface area contributed by atoms with Crippen molar-refractivity contribution in [3.05, 3.63) is 45.7 Å². The van der Waals surface area contributed by atoms with Crippen LogP contribution in [0.15, 0.2) is 29.1 Å². The highest BCUT2D eigenvalue weighted by Crippen LogP contribution is 2.18. The molecule has 1 amide bonds. The Morgan fingerprint density at radius 1 is 1.36 bits per heavy atom. The maximum absolute atomic E-state index is 12.8. The number of aromatic nitrogens is 1. The number of hydrogen-bond donors (Lipinski definition) is 1. The molecule has 1 atom stereocenters. The molecule has 0 bridgehead atoms. The minimum absolute atomic E-state index is 0.00500. The number of hydrogen-bond acceptors (Lipinski definition) is 3. The second-order valence-electron chi connectivity index (χ2n) is 7.33. The molecule has 1 fully saturated rings. The summed E-state index contributed by atoms with van der Waals surface area (Å²) in [5, 5.41) is 0.981. The first-order valence-electron chi connectivity index (χ1n) is 8.97. The fraction of sp³-hybridized carbons (Fsp3) is 0.500. The van der Waals surface area contributed by atoms with Gasteiger partial charge in [0.2, 0.25) is 0 Å². The molecule has 1 aliphatic rings. The SMILES string of the molecule is Cc1ccc2cc(CN(CC(C)C)C(=O)[C@H]3CCCO3)c(=O)[nH]c2c1. The first-order chi connectivity index (χ1) is 11.9. The van der Waals surface area contributed by atoms with Crippen molar-refractivity contribution in [3.63, 3.8) is 0 Å². The monoisotopic (exact) mass is 342 g/mol. The van der Waals surface area contributed by atoms with Gasteiger partial charge in [-0.25, -0.2) is 0 Å². The third-order valence-electron chi connectivity index (χ3n) is 4.54. The fourth-order valence-electron chi connectivity index (χ4n) is 3.33. The fourth-order valence-corrected chi connectivity index (χ4v) is 3.33. The molecule has 1 aromatic carbocycles. The second kappa shape index (κ2) is 7.40. The molecule has 5 nitrogen and oxygen atoms in total. The minimum Gasteiger partial charge on any atom is -0.368 e. The van der Waals surface area contributed by atoms with Crippen molar-refractivity contribution in [2.24, 2.45) is 5.92 Å². The van der Waals surface area contributed by atoms with Crippen molar-refractivity contribution < 1.29 is 9.53 Å². The van der Waals surface area contributed by atoms with Crippen LogP contribution in [0.4, 0.5) is 0 Å². The number of rotatable bonds is 5. The third-order valence-corrected chi connectivity index (χ3v) is 4.54. The highest BCUT2D eigenvalue weighted by atomic mass is 16.5. The average Bonchev–Trinajstić information content (AvgIpc) is 3.08. The number of nitrogens with one attached hydrogen (secondary N) is 1. The van der Waals surface area contributed by atoms with E-state index in [2.05, 4.69) is 18.8 Å². The molecule has 0 radical (unpaired) electrons. The molecule has 0 unspecified atom stereocenters. The van der Waals surface area contributed by atoms with E-state index in [-0.39, 0.29) is 17.6 Å².